The maximum absolute atomic E-state index is 12.2. The van der Waals surface area contributed by atoms with Crippen molar-refractivity contribution in [3.05, 3.63) is 198 Å². The third-order valence-electron chi connectivity index (χ3n) is 12.6. The highest BCUT2D eigenvalue weighted by Crippen LogP contribution is 2.30. The Balaban J connectivity index is 0.000000269. The van der Waals surface area contributed by atoms with Gasteiger partial charge in [0.15, 0.2) is 0 Å². The third kappa shape index (κ3) is 20.5. The van der Waals surface area contributed by atoms with Crippen molar-refractivity contribution in [2.75, 3.05) is 42.8 Å². The van der Waals surface area contributed by atoms with Gasteiger partial charge in [0.05, 0.1) is 52.5 Å². The summed E-state index contributed by atoms with van der Waals surface area (Å²) in [6.45, 7) is 13.6. The van der Waals surface area contributed by atoms with Crippen LogP contribution in [0, 0.1) is 0 Å². The van der Waals surface area contributed by atoms with E-state index in [1.807, 2.05) is 0 Å². The van der Waals surface area contributed by atoms with E-state index in [9.17, 15) is 38.4 Å². The van der Waals surface area contributed by atoms with Gasteiger partial charge in [0.2, 0.25) is 0 Å². The SMILES string of the molecule is C=C(C)C(=O)Oc1ccc(Oc2nc(Oc3ccc(OCCCCCOC(=O)c4cc(N)cc(N)c4)cc3)nc(Oc3ccc(OC(=O)C(=C)C)cc3)n2)cc1.CCCCCCCCOC(=O)c1cc(N)cc(N)c1.O=c1oc(=O)c2cc3c(=O)oc(=O)c3cc12. The van der Waals surface area contributed by atoms with E-state index in [2.05, 4.69) is 43.9 Å². The van der Waals surface area contributed by atoms with Crippen LogP contribution in [0.25, 0.3) is 21.5 Å². The number of nitrogen functional groups attached to an aromatic ring is 4. The molecule has 25 nitrogen and oxygen atoms in total. The molecule has 8 N–H and O–H groups in total. The van der Waals surface area contributed by atoms with Gasteiger partial charge < -0.3 is 69.7 Å². The number of carbonyl (C=O) groups excluding carboxylic acids is 4. The number of benzene rings is 6. The zero-order chi connectivity index (χ0) is 65.6. The van der Waals surface area contributed by atoms with E-state index in [4.69, 9.17) is 60.8 Å². The maximum atomic E-state index is 12.2. The average Bonchev–Trinajstić information content (AvgIpc) is 1.67. The lowest BCUT2D eigenvalue weighted by molar-refractivity contribution is -0.130. The van der Waals surface area contributed by atoms with Crippen molar-refractivity contribution in [1.82, 2.24) is 15.0 Å². The van der Waals surface area contributed by atoms with Crippen molar-refractivity contribution in [2.24, 2.45) is 0 Å². The van der Waals surface area contributed by atoms with Gasteiger partial charge in [-0.25, -0.2) is 38.4 Å². The minimum Gasteiger partial charge on any atom is -0.494 e. The molecule has 472 valence electrons. The van der Waals surface area contributed by atoms with E-state index < -0.39 is 40.4 Å². The molecule has 0 saturated heterocycles. The van der Waals surface area contributed by atoms with Crippen molar-refractivity contribution < 1.29 is 65.9 Å². The average molecular weight is 1240 g/mol. The monoisotopic (exact) mass is 1240 g/mol. The number of ether oxygens (including phenoxy) is 8. The lowest BCUT2D eigenvalue weighted by atomic mass is 10.1. The fourth-order valence-corrected chi connectivity index (χ4v) is 8.12. The standard InChI is InChI=1S/C41H39N5O10.C15H24N2O2.C10H2O6/c1-25(2)36(47)52-31-12-16-34(17-13-31)55-40-44-39(45-41(46-40)56-35-18-14-32(15-19-35)53-37(48)26(3)4)54-33-10-8-30(9-11-33)50-20-6-5-7-21-51-38(49)27-22-28(42)24-29(43)23-27;1-2-3-4-5-6-7-8-19-15(18)12-9-13(16)11-14(17)10-12;11-7-3-1-4-6(10(14)16-8(4)12)2-5(3)9(13)15-7/h8-19,22-24H,1,3,5-7,20-21,42-43H2,2,4H3;9-11H,2-8,16-17H2,1H3;1-2H. The Kier molecular flexibility index (Phi) is 23.8. The number of hydrogen-bond donors (Lipinski definition) is 4. The van der Waals surface area contributed by atoms with Crippen LogP contribution in [0.1, 0.15) is 99.3 Å². The second-order valence-electron chi connectivity index (χ2n) is 20.3. The number of rotatable bonds is 26. The number of anilines is 4. The van der Waals surface area contributed by atoms with Gasteiger partial charge in [-0.05, 0) is 161 Å². The molecule has 9 aromatic rings. The summed E-state index contributed by atoms with van der Waals surface area (Å²) in [6, 6.07) is 30.4. The Hall–Kier alpha value is -11.6. The number of esters is 4. The first-order valence-electron chi connectivity index (χ1n) is 28.5. The van der Waals surface area contributed by atoms with Crippen LogP contribution in [0.2, 0.25) is 0 Å². The van der Waals surface area contributed by atoms with Gasteiger partial charge in [-0.1, -0.05) is 52.2 Å². The minimum absolute atomic E-state index is 0.0181. The lowest BCUT2D eigenvalue weighted by Gasteiger charge is -2.11. The molecule has 3 aromatic heterocycles. The van der Waals surface area contributed by atoms with Crippen molar-refractivity contribution >= 4 is 68.2 Å². The zero-order valence-electron chi connectivity index (χ0n) is 49.9. The van der Waals surface area contributed by atoms with E-state index in [0.29, 0.717) is 88.0 Å². The summed E-state index contributed by atoms with van der Waals surface area (Å²) in [6.07, 6.45) is 9.18. The van der Waals surface area contributed by atoms with Crippen molar-refractivity contribution in [2.45, 2.75) is 78.6 Å². The number of aromatic nitrogens is 3. The van der Waals surface area contributed by atoms with Gasteiger partial charge in [-0.2, -0.15) is 0 Å². The molecular formula is C66H65N7O18. The van der Waals surface area contributed by atoms with Gasteiger partial charge in [0.1, 0.15) is 34.5 Å². The molecular weight excluding hydrogens is 1180 g/mol. The largest absolute Gasteiger partial charge is 0.494 e. The quantitative estimate of drug-likeness (QED) is 0.0129. The summed E-state index contributed by atoms with van der Waals surface area (Å²) in [5.41, 5.74) is 22.5. The summed E-state index contributed by atoms with van der Waals surface area (Å²) < 4.78 is 53.2. The van der Waals surface area contributed by atoms with Crippen molar-refractivity contribution in [3.8, 4) is 52.5 Å². The predicted octanol–water partition coefficient (Wildman–Crippen LogP) is 10.6. The number of furan rings is 2. The predicted molar refractivity (Wildman–Crippen MR) is 338 cm³/mol. The number of nitrogens with two attached hydrogens (primary N) is 4. The summed E-state index contributed by atoms with van der Waals surface area (Å²) in [7, 11) is 0. The van der Waals surface area contributed by atoms with Crippen LogP contribution in [-0.4, -0.2) is 58.6 Å². The van der Waals surface area contributed by atoms with E-state index in [1.165, 1.54) is 62.1 Å². The van der Waals surface area contributed by atoms with Crippen LogP contribution in [0.15, 0.2) is 174 Å². The molecule has 0 aliphatic rings. The Bertz CT molecular complexity index is 3990. The first kappa shape index (κ1) is 66.9. The number of unbranched alkanes of at least 4 members (excludes halogenated alkanes) is 7. The lowest BCUT2D eigenvalue weighted by Crippen LogP contribution is -2.08. The molecule has 0 spiro atoms. The topological polar surface area (TPSA) is 379 Å². The Morgan fingerprint density at radius 2 is 0.703 bits per heavy atom. The molecule has 0 unspecified atom stereocenters. The maximum Gasteiger partial charge on any atom is 0.346 e. The Morgan fingerprint density at radius 1 is 0.407 bits per heavy atom. The van der Waals surface area contributed by atoms with E-state index in [0.717, 1.165) is 37.8 Å². The second kappa shape index (κ2) is 32.4. The van der Waals surface area contributed by atoms with Crippen LogP contribution in [0.4, 0.5) is 22.7 Å². The van der Waals surface area contributed by atoms with Gasteiger partial charge in [-0.15, -0.1) is 15.0 Å². The number of fused-ring (bicyclic) bond motifs is 2. The van der Waals surface area contributed by atoms with E-state index in [-0.39, 0.29) is 63.3 Å². The summed E-state index contributed by atoms with van der Waals surface area (Å²) in [4.78, 5) is 105. The van der Waals surface area contributed by atoms with Gasteiger partial charge in [0.25, 0.3) is 0 Å². The highest BCUT2D eigenvalue weighted by molar-refractivity contribution is 5.97. The van der Waals surface area contributed by atoms with E-state index in [1.54, 1.807) is 86.6 Å². The number of nitrogens with zero attached hydrogens (tertiary/aromatic N) is 3. The summed E-state index contributed by atoms with van der Waals surface area (Å²) >= 11 is 0. The van der Waals surface area contributed by atoms with Crippen LogP contribution in [0.3, 0.4) is 0 Å². The van der Waals surface area contributed by atoms with Crippen molar-refractivity contribution in [3.63, 3.8) is 0 Å². The Morgan fingerprint density at radius 3 is 1.04 bits per heavy atom. The summed E-state index contributed by atoms with van der Waals surface area (Å²) in [5.74, 6) is 0.268. The minimum atomic E-state index is -0.824. The first-order valence-corrected chi connectivity index (χ1v) is 28.5. The molecule has 0 aliphatic heterocycles. The summed E-state index contributed by atoms with van der Waals surface area (Å²) in [5, 5.41) is -0.0726. The highest BCUT2D eigenvalue weighted by Gasteiger charge is 2.18. The molecule has 9 rings (SSSR count). The molecule has 3 heterocycles. The normalized spacial score (nSPS) is 10.6. The third-order valence-corrected chi connectivity index (χ3v) is 12.6. The zero-order valence-corrected chi connectivity index (χ0v) is 49.9. The van der Waals surface area contributed by atoms with Crippen LogP contribution >= 0.6 is 0 Å². The molecule has 25 heteroatoms. The molecule has 0 atom stereocenters. The molecule has 91 heavy (non-hydrogen) atoms. The fraction of sp³-hybridized carbons (Fsp3) is 0.227. The smallest absolute Gasteiger partial charge is 0.346 e. The van der Waals surface area contributed by atoms with Gasteiger partial charge in [-0.3, -0.25) is 0 Å². The van der Waals surface area contributed by atoms with E-state index >= 15 is 0 Å². The molecule has 0 fully saturated rings. The molecule has 0 amide bonds. The molecule has 6 aromatic carbocycles. The Labute approximate surface area is 519 Å². The van der Waals surface area contributed by atoms with Crippen LogP contribution < -0.4 is 73.9 Å². The first-order chi connectivity index (χ1) is 43.6. The molecule has 0 radical (unpaired) electrons. The van der Waals surface area contributed by atoms with Gasteiger partial charge in [0, 0.05) is 33.9 Å². The molecule has 0 aliphatic carbocycles. The fourth-order valence-electron chi connectivity index (χ4n) is 8.12. The molecule has 0 saturated carbocycles. The molecule has 0 bridgehead atoms. The highest BCUT2D eigenvalue weighted by atomic mass is 16.6. The number of hydrogen-bond acceptors (Lipinski definition) is 25. The second-order valence-corrected chi connectivity index (χ2v) is 20.3. The number of carbonyl (C=O) groups is 4. The van der Waals surface area contributed by atoms with Crippen LogP contribution in [-0.2, 0) is 19.1 Å². The van der Waals surface area contributed by atoms with Crippen molar-refractivity contribution in [1.29, 1.82) is 0 Å². The van der Waals surface area contributed by atoms with Gasteiger partial charge >= 0.3 is 64.4 Å². The van der Waals surface area contributed by atoms with Crippen LogP contribution in [0.5, 0.6) is 52.5 Å².